The highest BCUT2D eigenvalue weighted by Gasteiger charge is 2.19. The van der Waals surface area contributed by atoms with E-state index in [-0.39, 0.29) is 5.48 Å². The van der Waals surface area contributed by atoms with Gasteiger partial charge in [0.1, 0.15) is 5.69 Å². The zero-order valence-electron chi connectivity index (χ0n) is 20.2. The Labute approximate surface area is 183 Å². The quantitative estimate of drug-likeness (QED) is 0.177. The normalized spacial score (nSPS) is 11.4. The van der Waals surface area contributed by atoms with E-state index in [1.54, 1.807) is 0 Å². The number of para-hydroxylation sites is 1. The van der Waals surface area contributed by atoms with Gasteiger partial charge in [0.2, 0.25) is 0 Å². The van der Waals surface area contributed by atoms with E-state index in [0.29, 0.717) is 0 Å². The van der Waals surface area contributed by atoms with Crippen molar-refractivity contribution in [3.05, 3.63) is 29.8 Å². The van der Waals surface area contributed by atoms with E-state index >= 15 is 0 Å². The van der Waals surface area contributed by atoms with Gasteiger partial charge in [0.15, 0.2) is 0 Å². The minimum Gasteiger partial charge on any atom is -0.870 e. The first-order valence-corrected chi connectivity index (χ1v) is 12.5. The number of rotatable bonds is 18. The Hall–Kier alpha value is -0.860. The van der Waals surface area contributed by atoms with Gasteiger partial charge in [-0.3, -0.25) is 4.48 Å². The average molecular weight is 406 g/mol. The first kappa shape index (κ1) is 28.1. The number of nitrogens with zero attached hydrogens (tertiary/aromatic N) is 1. The van der Waals surface area contributed by atoms with Crippen molar-refractivity contribution in [2.75, 3.05) is 20.6 Å². The summed E-state index contributed by atoms with van der Waals surface area (Å²) in [7, 11) is 4.71. The summed E-state index contributed by atoms with van der Waals surface area (Å²) in [5, 5.41) is 0. The minimum atomic E-state index is 0. The van der Waals surface area contributed by atoms with Crippen LogP contribution in [0.2, 0.25) is 0 Å². The van der Waals surface area contributed by atoms with Crippen LogP contribution in [0.1, 0.15) is 115 Å². The largest absolute Gasteiger partial charge is 0.870 e. The summed E-state index contributed by atoms with van der Waals surface area (Å²) >= 11 is 0. The molecule has 0 aliphatic rings. The molecule has 1 aromatic rings. The van der Waals surface area contributed by atoms with Crippen molar-refractivity contribution in [1.29, 1.82) is 0 Å². The molecule has 0 bridgehead atoms. The summed E-state index contributed by atoms with van der Waals surface area (Å²) in [6.45, 7) is 5.79. The van der Waals surface area contributed by atoms with E-state index in [4.69, 9.17) is 0 Å². The minimum absolute atomic E-state index is 0. The van der Waals surface area contributed by atoms with Gasteiger partial charge in [-0.1, -0.05) is 115 Å². The van der Waals surface area contributed by atoms with Gasteiger partial charge in [0, 0.05) is 5.56 Å². The summed E-state index contributed by atoms with van der Waals surface area (Å²) in [4.78, 5) is 0. The van der Waals surface area contributed by atoms with Crippen LogP contribution in [0.4, 0.5) is 5.69 Å². The van der Waals surface area contributed by atoms with Crippen LogP contribution in [0.5, 0.6) is 0 Å². The highest BCUT2D eigenvalue weighted by molar-refractivity contribution is 5.48. The smallest absolute Gasteiger partial charge is 0.135 e. The lowest BCUT2D eigenvalue weighted by Crippen LogP contribution is -2.41. The molecule has 0 amide bonds. The van der Waals surface area contributed by atoms with Gasteiger partial charge in [-0.05, 0) is 25.8 Å². The number of hydrogen-bond donors (Lipinski definition) is 0. The number of quaternary nitrogens is 1. The number of unbranched alkanes of at least 4 members (excludes halogenated alkanes) is 15. The van der Waals surface area contributed by atoms with Crippen LogP contribution in [-0.4, -0.2) is 26.1 Å². The summed E-state index contributed by atoms with van der Waals surface area (Å²) in [6.07, 6.45) is 23.1. The molecule has 2 heteroatoms. The van der Waals surface area contributed by atoms with Gasteiger partial charge in [-0.2, -0.15) is 0 Å². The van der Waals surface area contributed by atoms with Crippen molar-refractivity contribution in [3.63, 3.8) is 0 Å². The van der Waals surface area contributed by atoms with Crippen LogP contribution in [0, 0.1) is 6.92 Å². The van der Waals surface area contributed by atoms with Crippen molar-refractivity contribution in [3.8, 4) is 0 Å². The molecule has 29 heavy (non-hydrogen) atoms. The monoisotopic (exact) mass is 405 g/mol. The second kappa shape index (κ2) is 18.0. The van der Waals surface area contributed by atoms with Crippen molar-refractivity contribution in [2.24, 2.45) is 0 Å². The second-order valence-electron chi connectivity index (χ2n) is 9.50. The van der Waals surface area contributed by atoms with E-state index in [9.17, 15) is 0 Å². The molecule has 1 rings (SSSR count). The van der Waals surface area contributed by atoms with Crippen LogP contribution in [0.25, 0.3) is 0 Å². The Morgan fingerprint density at radius 2 is 0.966 bits per heavy atom. The van der Waals surface area contributed by atoms with E-state index in [1.165, 1.54) is 121 Å². The van der Waals surface area contributed by atoms with Gasteiger partial charge >= 0.3 is 0 Å². The fourth-order valence-electron chi connectivity index (χ4n) is 4.42. The average Bonchev–Trinajstić information content (AvgIpc) is 2.68. The summed E-state index contributed by atoms with van der Waals surface area (Å²) < 4.78 is 1.02. The summed E-state index contributed by atoms with van der Waals surface area (Å²) in [6, 6.07) is 8.86. The first-order valence-electron chi connectivity index (χ1n) is 12.5. The molecule has 0 atom stereocenters. The van der Waals surface area contributed by atoms with Gasteiger partial charge in [-0.25, -0.2) is 0 Å². The molecule has 1 aromatic carbocycles. The van der Waals surface area contributed by atoms with E-state index in [0.717, 1.165) is 4.48 Å². The third-order valence-corrected chi connectivity index (χ3v) is 6.34. The maximum atomic E-state index is 2.35. The van der Waals surface area contributed by atoms with Crippen LogP contribution < -0.4 is 4.48 Å². The molecule has 0 unspecified atom stereocenters. The Kier molecular flexibility index (Phi) is 17.4. The third kappa shape index (κ3) is 13.9. The predicted octanol–water partition coefficient (Wildman–Crippen LogP) is 8.65. The number of benzene rings is 1. The van der Waals surface area contributed by atoms with Crippen LogP contribution >= 0.6 is 0 Å². The molecule has 0 saturated heterocycles. The SMILES string of the molecule is CCCCCCCCCCCCCCCCCC[N+](C)(C)c1ccccc1C.[OH-]. The van der Waals surface area contributed by atoms with E-state index in [2.05, 4.69) is 52.2 Å². The number of hydrogen-bond acceptors (Lipinski definition) is 1. The highest BCUT2D eigenvalue weighted by atomic mass is 16.0. The Morgan fingerprint density at radius 3 is 1.38 bits per heavy atom. The Morgan fingerprint density at radius 1 is 0.586 bits per heavy atom. The molecular weight excluding hydrogens is 354 g/mol. The van der Waals surface area contributed by atoms with Crippen LogP contribution in [0.3, 0.4) is 0 Å². The van der Waals surface area contributed by atoms with Crippen LogP contribution in [0.15, 0.2) is 24.3 Å². The maximum absolute atomic E-state index is 2.35. The molecule has 0 radical (unpaired) electrons. The molecule has 0 heterocycles. The van der Waals surface area contributed by atoms with Gasteiger partial charge in [0.25, 0.3) is 0 Å². The molecule has 170 valence electrons. The van der Waals surface area contributed by atoms with Gasteiger partial charge in [0.05, 0.1) is 20.6 Å². The molecular formula is C27H51NO. The third-order valence-electron chi connectivity index (χ3n) is 6.34. The lowest BCUT2D eigenvalue weighted by molar-refractivity contribution is 0.379. The van der Waals surface area contributed by atoms with Gasteiger partial charge < -0.3 is 5.48 Å². The Bertz CT molecular complexity index is 483. The Balaban J connectivity index is 0.00000784. The maximum Gasteiger partial charge on any atom is 0.135 e. The zero-order chi connectivity index (χ0) is 20.5. The van der Waals surface area contributed by atoms with E-state index in [1.807, 2.05) is 0 Å². The highest BCUT2D eigenvalue weighted by Crippen LogP contribution is 2.24. The second-order valence-corrected chi connectivity index (χ2v) is 9.50. The molecule has 0 saturated carbocycles. The standard InChI is InChI=1S/C27H50N.H2O/c1-5-6-7-8-9-10-11-12-13-14-15-16-17-18-19-22-25-28(3,4)27-24-21-20-23-26(27)2;/h20-21,23-24H,5-19,22,25H2,1-4H3;1H2/q+1;/p-1. The fourth-order valence-corrected chi connectivity index (χ4v) is 4.42. The van der Waals surface area contributed by atoms with Crippen molar-refractivity contribution in [2.45, 2.75) is 117 Å². The molecule has 0 aliphatic carbocycles. The first-order chi connectivity index (χ1) is 13.6. The van der Waals surface area contributed by atoms with Crippen molar-refractivity contribution in [1.82, 2.24) is 4.48 Å². The fraction of sp³-hybridized carbons (Fsp3) is 0.778. The summed E-state index contributed by atoms with van der Waals surface area (Å²) in [5.41, 5.74) is 2.90. The molecule has 0 aliphatic heterocycles. The molecule has 0 fully saturated rings. The number of aryl methyl sites for hydroxylation is 1. The molecule has 1 N–H and O–H groups in total. The van der Waals surface area contributed by atoms with Gasteiger partial charge in [-0.15, -0.1) is 0 Å². The van der Waals surface area contributed by atoms with E-state index < -0.39 is 0 Å². The van der Waals surface area contributed by atoms with Crippen molar-refractivity contribution >= 4 is 5.69 Å². The zero-order valence-corrected chi connectivity index (χ0v) is 20.2. The van der Waals surface area contributed by atoms with Crippen molar-refractivity contribution < 1.29 is 5.48 Å². The lowest BCUT2D eigenvalue weighted by atomic mass is 10.0. The lowest BCUT2D eigenvalue weighted by Gasteiger charge is -2.30. The molecule has 2 nitrogen and oxygen atoms in total. The molecule has 0 aromatic heterocycles. The summed E-state index contributed by atoms with van der Waals surface area (Å²) in [5.74, 6) is 0. The predicted molar refractivity (Wildman–Crippen MR) is 131 cm³/mol. The topological polar surface area (TPSA) is 30.0 Å². The molecule has 0 spiro atoms. The van der Waals surface area contributed by atoms with Crippen LogP contribution in [-0.2, 0) is 0 Å².